The van der Waals surface area contributed by atoms with Gasteiger partial charge < -0.3 is 20.7 Å². The van der Waals surface area contributed by atoms with Gasteiger partial charge in [-0.05, 0) is 47.9 Å². The SMILES string of the molecule is CC(C)c1ccc(N2C(N3CCOCC3)=NC(N)=NC2Nc2ccc(F)cc2)cc1. The van der Waals surface area contributed by atoms with Crippen LogP contribution in [0.4, 0.5) is 15.8 Å². The fourth-order valence-electron chi connectivity index (χ4n) is 3.53. The average Bonchev–Trinajstić information content (AvgIpc) is 2.76. The summed E-state index contributed by atoms with van der Waals surface area (Å²) in [4.78, 5) is 13.3. The Labute approximate surface area is 176 Å². The zero-order chi connectivity index (χ0) is 21.1. The first-order valence-electron chi connectivity index (χ1n) is 10.2. The number of rotatable bonds is 4. The number of halogens is 1. The van der Waals surface area contributed by atoms with Crippen molar-refractivity contribution in [1.82, 2.24) is 4.90 Å². The molecule has 0 saturated carbocycles. The van der Waals surface area contributed by atoms with Gasteiger partial charge >= 0.3 is 0 Å². The number of nitrogens with one attached hydrogen (secondary N) is 1. The van der Waals surface area contributed by atoms with Crippen molar-refractivity contribution in [2.45, 2.75) is 26.1 Å². The Hall–Kier alpha value is -3.13. The van der Waals surface area contributed by atoms with Gasteiger partial charge in [-0.15, -0.1) is 0 Å². The van der Waals surface area contributed by atoms with E-state index in [-0.39, 0.29) is 11.8 Å². The van der Waals surface area contributed by atoms with E-state index in [0.717, 1.165) is 30.4 Å². The van der Waals surface area contributed by atoms with Crippen LogP contribution in [0, 0.1) is 5.82 Å². The van der Waals surface area contributed by atoms with Gasteiger partial charge in [-0.25, -0.2) is 9.38 Å². The van der Waals surface area contributed by atoms with Crippen LogP contribution in [0.2, 0.25) is 0 Å². The van der Waals surface area contributed by atoms with Gasteiger partial charge in [0, 0.05) is 24.5 Å². The number of benzene rings is 2. The number of anilines is 2. The predicted molar refractivity (Wildman–Crippen MR) is 118 cm³/mol. The molecule has 2 heterocycles. The van der Waals surface area contributed by atoms with Gasteiger partial charge in [0.05, 0.1) is 13.2 Å². The third-order valence-electron chi connectivity index (χ3n) is 5.20. The topological polar surface area (TPSA) is 78.5 Å². The van der Waals surface area contributed by atoms with Crippen LogP contribution in [-0.4, -0.2) is 49.4 Å². The Bertz CT molecular complexity index is 920. The van der Waals surface area contributed by atoms with Gasteiger partial charge in [-0.2, -0.15) is 4.99 Å². The molecule has 7 nitrogen and oxygen atoms in total. The third kappa shape index (κ3) is 4.38. The van der Waals surface area contributed by atoms with Crippen molar-refractivity contribution < 1.29 is 9.13 Å². The molecule has 0 aromatic heterocycles. The molecule has 1 unspecified atom stereocenters. The Kier molecular flexibility index (Phi) is 5.85. The van der Waals surface area contributed by atoms with E-state index >= 15 is 0 Å². The highest BCUT2D eigenvalue weighted by Gasteiger charge is 2.32. The summed E-state index contributed by atoms with van der Waals surface area (Å²) in [6.45, 7) is 7.03. The molecule has 0 spiro atoms. The van der Waals surface area contributed by atoms with Gasteiger partial charge in [-0.1, -0.05) is 26.0 Å². The van der Waals surface area contributed by atoms with Crippen molar-refractivity contribution in [2.75, 3.05) is 36.5 Å². The number of aliphatic imine (C=N–C) groups is 2. The second-order valence-corrected chi connectivity index (χ2v) is 7.64. The molecule has 0 amide bonds. The summed E-state index contributed by atoms with van der Waals surface area (Å²) in [6.07, 6.45) is -0.518. The van der Waals surface area contributed by atoms with Gasteiger partial charge in [0.25, 0.3) is 0 Å². The smallest absolute Gasteiger partial charge is 0.222 e. The molecular formula is C22H27FN6O. The van der Waals surface area contributed by atoms with Crippen LogP contribution in [0.25, 0.3) is 0 Å². The van der Waals surface area contributed by atoms with Crippen LogP contribution in [-0.2, 0) is 4.74 Å². The molecule has 4 rings (SSSR count). The van der Waals surface area contributed by atoms with Crippen molar-refractivity contribution >= 4 is 23.3 Å². The highest BCUT2D eigenvalue weighted by atomic mass is 19.1. The second-order valence-electron chi connectivity index (χ2n) is 7.64. The van der Waals surface area contributed by atoms with Gasteiger partial charge in [0.2, 0.25) is 18.2 Å². The maximum Gasteiger partial charge on any atom is 0.222 e. The summed E-state index contributed by atoms with van der Waals surface area (Å²) in [6, 6.07) is 14.6. The molecule has 2 aromatic carbocycles. The highest BCUT2D eigenvalue weighted by Crippen LogP contribution is 2.26. The lowest BCUT2D eigenvalue weighted by Crippen LogP contribution is -2.57. The van der Waals surface area contributed by atoms with Crippen LogP contribution in [0.5, 0.6) is 0 Å². The van der Waals surface area contributed by atoms with E-state index in [0.29, 0.717) is 19.1 Å². The Morgan fingerprint density at radius 3 is 2.37 bits per heavy atom. The van der Waals surface area contributed by atoms with E-state index in [4.69, 9.17) is 10.5 Å². The van der Waals surface area contributed by atoms with Crippen LogP contribution < -0.4 is 16.0 Å². The van der Waals surface area contributed by atoms with E-state index in [2.05, 4.69) is 58.3 Å². The molecule has 30 heavy (non-hydrogen) atoms. The largest absolute Gasteiger partial charge is 0.378 e. The lowest BCUT2D eigenvalue weighted by molar-refractivity contribution is 0.0671. The van der Waals surface area contributed by atoms with Crippen molar-refractivity contribution in [2.24, 2.45) is 15.7 Å². The molecule has 8 heteroatoms. The first-order valence-corrected chi connectivity index (χ1v) is 10.2. The third-order valence-corrected chi connectivity index (χ3v) is 5.20. The zero-order valence-corrected chi connectivity index (χ0v) is 17.3. The zero-order valence-electron chi connectivity index (χ0n) is 17.3. The van der Waals surface area contributed by atoms with Gasteiger partial charge in [0.15, 0.2) is 0 Å². The lowest BCUT2D eigenvalue weighted by atomic mass is 10.0. The standard InChI is InChI=1S/C22H27FN6O/c1-15(2)16-3-9-19(10-4-16)29-21(25-18-7-5-17(23)6-8-18)26-20(24)27-22(29)28-11-13-30-14-12-28/h3-10,15,21,25H,11-14H2,1-2H3,(H2,24,26). The van der Waals surface area contributed by atoms with E-state index in [9.17, 15) is 4.39 Å². The van der Waals surface area contributed by atoms with Crippen LogP contribution in [0.3, 0.4) is 0 Å². The summed E-state index contributed by atoms with van der Waals surface area (Å²) < 4.78 is 18.9. The number of nitrogens with two attached hydrogens (primary N) is 1. The van der Waals surface area contributed by atoms with Crippen molar-refractivity contribution in [1.29, 1.82) is 0 Å². The normalized spacial score (nSPS) is 19.5. The molecule has 0 radical (unpaired) electrons. The molecule has 2 aliphatic heterocycles. The highest BCUT2D eigenvalue weighted by molar-refractivity contribution is 6.06. The maximum atomic E-state index is 13.4. The second kappa shape index (κ2) is 8.71. The molecule has 158 valence electrons. The monoisotopic (exact) mass is 410 g/mol. The number of hydrogen-bond acceptors (Lipinski definition) is 7. The lowest BCUT2D eigenvalue weighted by Gasteiger charge is -2.41. The number of morpholine rings is 1. The molecule has 2 aliphatic rings. The van der Waals surface area contributed by atoms with Crippen molar-refractivity contribution in [3.63, 3.8) is 0 Å². The minimum absolute atomic E-state index is 0.200. The molecule has 2 aromatic rings. The van der Waals surface area contributed by atoms with E-state index in [1.54, 1.807) is 12.1 Å². The van der Waals surface area contributed by atoms with E-state index in [1.807, 2.05) is 4.90 Å². The maximum absolute atomic E-state index is 13.4. The molecule has 1 fully saturated rings. The number of nitrogens with zero attached hydrogens (tertiary/aromatic N) is 4. The summed E-state index contributed by atoms with van der Waals surface area (Å²) in [5.74, 6) is 1.08. The minimum atomic E-state index is -0.518. The molecule has 1 atom stereocenters. The van der Waals surface area contributed by atoms with Gasteiger partial charge in [-0.3, -0.25) is 4.90 Å². The summed E-state index contributed by atoms with van der Waals surface area (Å²) in [7, 11) is 0. The number of ether oxygens (including phenoxy) is 1. The Morgan fingerprint density at radius 2 is 1.73 bits per heavy atom. The first-order chi connectivity index (χ1) is 14.5. The number of guanidine groups is 2. The van der Waals surface area contributed by atoms with E-state index < -0.39 is 6.29 Å². The molecule has 0 aliphatic carbocycles. The summed E-state index contributed by atoms with van der Waals surface area (Å²) in [5, 5.41) is 3.35. The van der Waals surface area contributed by atoms with Crippen LogP contribution in [0.15, 0.2) is 58.5 Å². The van der Waals surface area contributed by atoms with Gasteiger partial charge in [0.1, 0.15) is 5.82 Å². The number of hydrogen-bond donors (Lipinski definition) is 2. The predicted octanol–water partition coefficient (Wildman–Crippen LogP) is 3.17. The van der Waals surface area contributed by atoms with Crippen LogP contribution in [0.1, 0.15) is 25.3 Å². The molecule has 0 bridgehead atoms. The quantitative estimate of drug-likeness (QED) is 0.810. The molecule has 1 saturated heterocycles. The average molecular weight is 410 g/mol. The fraction of sp³-hybridized carbons (Fsp3) is 0.364. The first kappa shape index (κ1) is 20.2. The van der Waals surface area contributed by atoms with E-state index in [1.165, 1.54) is 17.7 Å². The van der Waals surface area contributed by atoms with Crippen molar-refractivity contribution in [3.05, 3.63) is 59.9 Å². The Morgan fingerprint density at radius 1 is 1.07 bits per heavy atom. The van der Waals surface area contributed by atoms with Crippen molar-refractivity contribution in [3.8, 4) is 0 Å². The minimum Gasteiger partial charge on any atom is -0.378 e. The fourth-order valence-corrected chi connectivity index (χ4v) is 3.53. The molecule has 3 N–H and O–H groups in total. The summed E-state index contributed by atoms with van der Waals surface area (Å²) in [5.41, 5.74) is 9.02. The van der Waals surface area contributed by atoms with Crippen LogP contribution >= 0.6 is 0 Å². The Balaban J connectivity index is 1.70. The molecular weight excluding hydrogens is 383 g/mol. The summed E-state index contributed by atoms with van der Waals surface area (Å²) >= 11 is 0.